The Morgan fingerprint density at radius 1 is 1.05 bits per heavy atom. The van der Waals surface area contributed by atoms with E-state index in [1.54, 1.807) is 48.5 Å². The molecule has 0 radical (unpaired) electrons. The van der Waals surface area contributed by atoms with E-state index in [2.05, 4.69) is 10.4 Å². The molecule has 0 aliphatic heterocycles. The zero-order chi connectivity index (χ0) is 30.8. The van der Waals surface area contributed by atoms with Crippen molar-refractivity contribution in [2.75, 3.05) is 7.11 Å². The van der Waals surface area contributed by atoms with Crippen LogP contribution >= 0.6 is 0 Å². The lowest BCUT2D eigenvalue weighted by Gasteiger charge is -2.17. The summed E-state index contributed by atoms with van der Waals surface area (Å²) < 4.78 is 60.3. The molecule has 3 aromatic carbocycles. The molecule has 3 rings (SSSR count). The van der Waals surface area contributed by atoms with Gasteiger partial charge < -0.3 is 21.0 Å². The molecule has 0 bridgehead atoms. The first kappa shape index (κ1) is 32.5. The Labute approximate surface area is 232 Å². The van der Waals surface area contributed by atoms with Gasteiger partial charge in [-0.2, -0.15) is 18.3 Å². The van der Waals surface area contributed by atoms with Crippen LogP contribution in [0.2, 0.25) is 0 Å². The number of primary sulfonamides is 1. The van der Waals surface area contributed by atoms with Gasteiger partial charge in [0.2, 0.25) is 10.0 Å². The molecule has 0 unspecified atom stereocenters. The Kier molecular flexibility index (Phi) is 11.1. The number of amides is 1. The minimum Gasteiger partial charge on any atom is -0.475 e. The molecule has 41 heavy (non-hydrogen) atoms. The third-order valence-corrected chi connectivity index (χ3v) is 6.27. The molecule has 0 spiro atoms. The molecular weight excluding hydrogens is 569 g/mol. The number of alkyl halides is 3. The van der Waals surface area contributed by atoms with Crippen molar-refractivity contribution in [3.05, 3.63) is 89.5 Å². The van der Waals surface area contributed by atoms with Crippen LogP contribution in [0.1, 0.15) is 21.5 Å². The van der Waals surface area contributed by atoms with Crippen molar-refractivity contribution in [1.82, 2.24) is 5.32 Å². The van der Waals surface area contributed by atoms with Gasteiger partial charge in [0.25, 0.3) is 5.91 Å². The number of methoxy groups -OCH3 is 1. The van der Waals surface area contributed by atoms with Gasteiger partial charge in [0.15, 0.2) is 0 Å². The molecule has 6 N–H and O–H groups in total. The van der Waals surface area contributed by atoms with E-state index in [4.69, 9.17) is 25.6 Å². The summed E-state index contributed by atoms with van der Waals surface area (Å²) in [4.78, 5) is 34.0. The Morgan fingerprint density at radius 3 is 2.20 bits per heavy atom. The number of carboxylic acids is 1. The van der Waals surface area contributed by atoms with Gasteiger partial charge in [-0.25, -0.2) is 23.1 Å². The highest BCUT2D eigenvalue weighted by molar-refractivity contribution is 7.89. The number of benzene rings is 3. The third kappa shape index (κ3) is 9.74. The van der Waals surface area contributed by atoms with E-state index in [9.17, 15) is 31.2 Å². The zero-order valence-electron chi connectivity index (χ0n) is 21.3. The number of hydrogen-bond acceptors (Lipinski definition) is 8. The minimum absolute atomic E-state index is 0.0140. The zero-order valence-corrected chi connectivity index (χ0v) is 22.1. The van der Waals surface area contributed by atoms with Crippen molar-refractivity contribution in [2.24, 2.45) is 16.1 Å². The number of nitrogens with zero attached hydrogens (tertiary/aromatic N) is 1. The number of sulfonamides is 1. The minimum atomic E-state index is -5.08. The van der Waals surface area contributed by atoms with Crippen LogP contribution in [0.4, 0.5) is 13.2 Å². The molecule has 218 valence electrons. The Hall–Kier alpha value is -4.76. The predicted molar refractivity (Wildman–Crippen MR) is 142 cm³/mol. The standard InChI is InChI=1S/C24H24N4O5S.C2HF3O2/c1-33-24(30)21(14-16-5-4-6-17(13-16)15-27-25)28-23(29)19-11-9-18(10-12-19)20-7-2-3-8-22(20)34(26,31)32;3-2(4,5)1(6)7/h2-13,15,21H,14,25H2,1H3,(H,28,29)(H2,26,31,32);(H,6,7)/b27-15-;/t21-;/m0./s1. The Bertz CT molecular complexity index is 1530. The van der Waals surface area contributed by atoms with E-state index in [1.807, 2.05) is 6.07 Å². The van der Waals surface area contributed by atoms with Gasteiger partial charge >= 0.3 is 18.1 Å². The first-order valence-electron chi connectivity index (χ1n) is 11.4. The number of esters is 1. The summed E-state index contributed by atoms with van der Waals surface area (Å²) in [6.45, 7) is 0. The van der Waals surface area contributed by atoms with Gasteiger partial charge in [-0.05, 0) is 34.9 Å². The van der Waals surface area contributed by atoms with Gasteiger partial charge in [-0.15, -0.1) is 0 Å². The van der Waals surface area contributed by atoms with Crippen molar-refractivity contribution < 1.29 is 45.8 Å². The molecule has 0 saturated carbocycles. The highest BCUT2D eigenvalue weighted by Crippen LogP contribution is 2.26. The van der Waals surface area contributed by atoms with Gasteiger partial charge in [-0.3, -0.25) is 4.79 Å². The highest BCUT2D eigenvalue weighted by atomic mass is 32.2. The van der Waals surface area contributed by atoms with Gasteiger partial charge in [-0.1, -0.05) is 54.6 Å². The van der Waals surface area contributed by atoms with E-state index in [-0.39, 0.29) is 16.9 Å². The molecular formula is C26H25F3N4O7S. The number of carbonyl (C=O) groups excluding carboxylic acids is 2. The number of rotatable bonds is 8. The van der Waals surface area contributed by atoms with E-state index in [1.165, 1.54) is 31.5 Å². The molecule has 0 heterocycles. The van der Waals surface area contributed by atoms with Gasteiger partial charge in [0, 0.05) is 17.5 Å². The maximum atomic E-state index is 12.8. The fraction of sp³-hybridized carbons (Fsp3) is 0.154. The first-order valence-corrected chi connectivity index (χ1v) is 12.9. The Morgan fingerprint density at radius 2 is 1.66 bits per heavy atom. The average Bonchev–Trinajstić information content (AvgIpc) is 2.92. The molecule has 11 nitrogen and oxygen atoms in total. The average molecular weight is 595 g/mol. The summed E-state index contributed by atoms with van der Waals surface area (Å²) in [7, 11) is -2.67. The number of carboxylic acid groups (broad SMARTS) is 1. The number of halogens is 3. The van der Waals surface area contributed by atoms with Crippen LogP contribution in [-0.4, -0.2) is 56.9 Å². The monoisotopic (exact) mass is 594 g/mol. The lowest BCUT2D eigenvalue weighted by atomic mass is 10.0. The number of nitrogens with two attached hydrogens (primary N) is 2. The van der Waals surface area contributed by atoms with Crippen molar-refractivity contribution in [1.29, 1.82) is 0 Å². The highest BCUT2D eigenvalue weighted by Gasteiger charge is 2.38. The summed E-state index contributed by atoms with van der Waals surface area (Å²) >= 11 is 0. The molecule has 1 atom stereocenters. The molecule has 0 fully saturated rings. The van der Waals surface area contributed by atoms with Gasteiger partial charge in [0.05, 0.1) is 18.2 Å². The normalized spacial score (nSPS) is 12.1. The SMILES string of the molecule is COC(=O)[C@H](Cc1cccc(/C=N\N)c1)NC(=O)c1ccc(-c2ccccc2S(N)(=O)=O)cc1.O=C(O)C(F)(F)F. The van der Waals surface area contributed by atoms with Crippen LogP contribution < -0.4 is 16.3 Å². The fourth-order valence-corrected chi connectivity index (χ4v) is 4.21. The molecule has 1 amide bonds. The molecule has 0 aliphatic rings. The molecule has 0 aromatic heterocycles. The van der Waals surface area contributed by atoms with Crippen molar-refractivity contribution in [3.8, 4) is 11.1 Å². The van der Waals surface area contributed by atoms with Crippen LogP contribution in [0.3, 0.4) is 0 Å². The van der Waals surface area contributed by atoms with Crippen molar-refractivity contribution in [3.63, 3.8) is 0 Å². The number of hydrazone groups is 1. The number of aliphatic carboxylic acids is 1. The smallest absolute Gasteiger partial charge is 0.475 e. The van der Waals surface area contributed by atoms with E-state index in [0.29, 0.717) is 11.1 Å². The van der Waals surface area contributed by atoms with Crippen LogP contribution in [0.25, 0.3) is 11.1 Å². The van der Waals surface area contributed by atoms with Crippen LogP contribution in [0, 0.1) is 0 Å². The van der Waals surface area contributed by atoms with Crippen LogP contribution in [0.5, 0.6) is 0 Å². The van der Waals surface area contributed by atoms with E-state index < -0.39 is 40.1 Å². The lowest BCUT2D eigenvalue weighted by molar-refractivity contribution is -0.192. The first-order chi connectivity index (χ1) is 19.2. The number of carbonyl (C=O) groups is 3. The number of ether oxygens (including phenoxy) is 1. The number of nitrogens with one attached hydrogen (secondary N) is 1. The summed E-state index contributed by atoms with van der Waals surface area (Å²) in [6.07, 6.45) is -3.41. The molecule has 15 heteroatoms. The second-order valence-corrected chi connectivity index (χ2v) is 9.73. The summed E-state index contributed by atoms with van der Waals surface area (Å²) in [5.41, 5.74) is 2.82. The quantitative estimate of drug-likeness (QED) is 0.132. The van der Waals surface area contributed by atoms with Crippen LogP contribution in [-0.2, 0) is 30.8 Å². The third-order valence-electron chi connectivity index (χ3n) is 5.30. The fourth-order valence-electron chi connectivity index (χ4n) is 3.45. The predicted octanol–water partition coefficient (Wildman–Crippen LogP) is 2.44. The second-order valence-electron chi connectivity index (χ2n) is 8.20. The Balaban J connectivity index is 0.000000745. The topological polar surface area (TPSA) is 191 Å². The summed E-state index contributed by atoms with van der Waals surface area (Å²) in [6, 6.07) is 18.9. The van der Waals surface area contributed by atoms with Crippen molar-refractivity contribution in [2.45, 2.75) is 23.5 Å². The van der Waals surface area contributed by atoms with Crippen molar-refractivity contribution >= 4 is 34.1 Å². The summed E-state index contributed by atoms with van der Waals surface area (Å²) in [5.74, 6) is 1.36. The maximum Gasteiger partial charge on any atom is 0.490 e. The summed E-state index contributed by atoms with van der Waals surface area (Å²) in [5, 5.41) is 18.6. The van der Waals surface area contributed by atoms with Gasteiger partial charge in [0.1, 0.15) is 6.04 Å². The number of hydrogen-bond donors (Lipinski definition) is 4. The second kappa shape index (κ2) is 14.0. The lowest BCUT2D eigenvalue weighted by Crippen LogP contribution is -2.43. The van der Waals surface area contributed by atoms with E-state index >= 15 is 0 Å². The van der Waals surface area contributed by atoms with Crippen LogP contribution in [0.15, 0.2) is 82.8 Å². The van der Waals surface area contributed by atoms with E-state index in [0.717, 1.165) is 11.1 Å². The molecule has 0 aliphatic carbocycles. The maximum absolute atomic E-state index is 12.8. The largest absolute Gasteiger partial charge is 0.490 e. The molecule has 0 saturated heterocycles. The molecule has 3 aromatic rings.